The number of ether oxygens (including phenoxy) is 2. The number of nitrogens with two attached hydrogens (primary N) is 1. The van der Waals surface area contributed by atoms with E-state index in [9.17, 15) is 13.2 Å². The normalized spacial score (nSPS) is 12.9. The molecular weight excluding hydrogens is 355 g/mol. The molecule has 0 heterocycles. The molecule has 0 unspecified atom stereocenters. The summed E-state index contributed by atoms with van der Waals surface area (Å²) in [6, 6.07) is 12.4. The minimum atomic E-state index is -4.70. The number of alkyl halides is 3. The van der Waals surface area contributed by atoms with Crippen LogP contribution in [0.25, 0.3) is 0 Å². The van der Waals surface area contributed by atoms with Crippen molar-refractivity contribution >= 4 is 12.4 Å². The third kappa shape index (κ3) is 6.84. The highest BCUT2D eigenvalue weighted by molar-refractivity contribution is 5.85. The molecule has 0 radical (unpaired) electrons. The van der Waals surface area contributed by atoms with E-state index in [4.69, 9.17) is 10.5 Å². The summed E-state index contributed by atoms with van der Waals surface area (Å²) in [5, 5.41) is 0. The number of benzene rings is 2. The van der Waals surface area contributed by atoms with Crippen LogP contribution in [0.4, 0.5) is 13.2 Å². The van der Waals surface area contributed by atoms with E-state index in [1.165, 1.54) is 24.3 Å². The predicted molar refractivity (Wildman–Crippen MR) is 93.2 cm³/mol. The molecule has 2 rings (SSSR count). The summed E-state index contributed by atoms with van der Waals surface area (Å²) < 4.78 is 46.1. The summed E-state index contributed by atoms with van der Waals surface area (Å²) in [7, 11) is 0. The van der Waals surface area contributed by atoms with Crippen LogP contribution in [0, 0.1) is 0 Å². The van der Waals surface area contributed by atoms with Gasteiger partial charge < -0.3 is 15.2 Å². The van der Waals surface area contributed by atoms with Gasteiger partial charge in [0.25, 0.3) is 0 Å². The SMILES string of the molecule is CC(C)(C)Oc1ccc([C@H](N)c2ccc(OC(F)(F)F)cc2)cc1.Cl. The van der Waals surface area contributed by atoms with Gasteiger partial charge in [0.05, 0.1) is 6.04 Å². The molecule has 0 aliphatic rings. The highest BCUT2D eigenvalue weighted by Crippen LogP contribution is 2.27. The molecule has 0 bridgehead atoms. The molecule has 25 heavy (non-hydrogen) atoms. The second-order valence-electron chi connectivity index (χ2n) is 6.38. The Morgan fingerprint density at radius 1 is 0.760 bits per heavy atom. The molecule has 2 aromatic rings. The van der Waals surface area contributed by atoms with Crippen molar-refractivity contribution in [3.8, 4) is 11.5 Å². The summed E-state index contributed by atoms with van der Waals surface area (Å²) in [5.74, 6) is 0.458. The fourth-order valence-electron chi connectivity index (χ4n) is 2.17. The monoisotopic (exact) mass is 375 g/mol. The Morgan fingerprint density at radius 3 is 1.44 bits per heavy atom. The van der Waals surface area contributed by atoms with Gasteiger partial charge in [0, 0.05) is 0 Å². The minimum Gasteiger partial charge on any atom is -0.488 e. The first-order valence-corrected chi connectivity index (χ1v) is 7.44. The van der Waals surface area contributed by atoms with Gasteiger partial charge >= 0.3 is 6.36 Å². The van der Waals surface area contributed by atoms with E-state index in [1.807, 2.05) is 45.0 Å². The van der Waals surface area contributed by atoms with Crippen LogP contribution < -0.4 is 15.2 Å². The van der Waals surface area contributed by atoms with E-state index < -0.39 is 12.4 Å². The molecule has 0 fully saturated rings. The Bertz CT molecular complexity index is 605. The molecule has 0 aliphatic heterocycles. The van der Waals surface area contributed by atoms with Crippen molar-refractivity contribution in [1.29, 1.82) is 0 Å². The maximum absolute atomic E-state index is 12.2. The summed E-state index contributed by atoms with van der Waals surface area (Å²) in [6.07, 6.45) is -4.70. The highest BCUT2D eigenvalue weighted by atomic mass is 35.5. The lowest BCUT2D eigenvalue weighted by molar-refractivity contribution is -0.274. The summed E-state index contributed by atoms with van der Waals surface area (Å²) in [5.41, 5.74) is 7.40. The largest absolute Gasteiger partial charge is 0.573 e. The van der Waals surface area contributed by atoms with Crippen molar-refractivity contribution < 1.29 is 22.6 Å². The maximum atomic E-state index is 12.2. The molecule has 2 aromatic carbocycles. The van der Waals surface area contributed by atoms with Crippen LogP contribution >= 0.6 is 12.4 Å². The van der Waals surface area contributed by atoms with Gasteiger partial charge in [0.2, 0.25) is 0 Å². The fraction of sp³-hybridized carbons (Fsp3) is 0.333. The first kappa shape index (κ1) is 21.1. The standard InChI is InChI=1S/C18H20F3NO2.ClH/c1-17(2,3)23-14-8-4-12(5-9-14)16(22)13-6-10-15(11-7-13)24-18(19,20)21;/h4-11,16H,22H2,1-3H3;1H/t16-;/m0./s1. The van der Waals surface area contributed by atoms with Crippen LogP contribution in [-0.4, -0.2) is 12.0 Å². The summed E-state index contributed by atoms with van der Waals surface area (Å²) in [4.78, 5) is 0. The Morgan fingerprint density at radius 2 is 1.12 bits per heavy atom. The van der Waals surface area contributed by atoms with Crippen LogP contribution in [0.15, 0.2) is 48.5 Å². The zero-order valence-electron chi connectivity index (χ0n) is 14.1. The molecule has 0 amide bonds. The van der Waals surface area contributed by atoms with Gasteiger partial charge in [-0.25, -0.2) is 0 Å². The first-order chi connectivity index (χ1) is 11.0. The van der Waals surface area contributed by atoms with Crippen LogP contribution in [0.1, 0.15) is 37.9 Å². The second kappa shape index (κ2) is 7.97. The Labute approximate surface area is 151 Å². The average molecular weight is 376 g/mol. The Kier molecular flexibility index (Phi) is 6.74. The van der Waals surface area contributed by atoms with E-state index in [-0.39, 0.29) is 23.8 Å². The summed E-state index contributed by atoms with van der Waals surface area (Å²) >= 11 is 0. The van der Waals surface area contributed by atoms with Gasteiger partial charge in [-0.15, -0.1) is 25.6 Å². The van der Waals surface area contributed by atoms with Crippen molar-refractivity contribution in [1.82, 2.24) is 0 Å². The summed E-state index contributed by atoms with van der Waals surface area (Å²) in [6.45, 7) is 5.87. The zero-order chi connectivity index (χ0) is 18.0. The van der Waals surface area contributed by atoms with Gasteiger partial charge in [-0.2, -0.15) is 0 Å². The lowest BCUT2D eigenvalue weighted by Crippen LogP contribution is -2.23. The molecule has 0 saturated carbocycles. The lowest BCUT2D eigenvalue weighted by Gasteiger charge is -2.21. The van der Waals surface area contributed by atoms with E-state index >= 15 is 0 Å². The average Bonchev–Trinajstić information content (AvgIpc) is 2.45. The maximum Gasteiger partial charge on any atom is 0.573 e. The van der Waals surface area contributed by atoms with Gasteiger partial charge in [-0.1, -0.05) is 24.3 Å². The molecule has 0 aliphatic carbocycles. The lowest BCUT2D eigenvalue weighted by atomic mass is 9.99. The molecule has 1 atom stereocenters. The minimum absolute atomic E-state index is 0. The van der Waals surface area contributed by atoms with Crippen molar-refractivity contribution in [2.45, 2.75) is 38.8 Å². The topological polar surface area (TPSA) is 44.5 Å². The number of rotatable bonds is 4. The van der Waals surface area contributed by atoms with E-state index in [2.05, 4.69) is 4.74 Å². The smallest absolute Gasteiger partial charge is 0.488 e. The van der Waals surface area contributed by atoms with E-state index in [0.717, 1.165) is 11.3 Å². The molecule has 3 nitrogen and oxygen atoms in total. The number of halogens is 4. The number of hydrogen-bond acceptors (Lipinski definition) is 3. The highest BCUT2D eigenvalue weighted by Gasteiger charge is 2.31. The van der Waals surface area contributed by atoms with Crippen LogP contribution in [0.5, 0.6) is 11.5 Å². The van der Waals surface area contributed by atoms with Crippen molar-refractivity contribution in [2.24, 2.45) is 5.73 Å². The second-order valence-corrected chi connectivity index (χ2v) is 6.38. The molecule has 2 N–H and O–H groups in total. The third-order valence-electron chi connectivity index (χ3n) is 3.14. The van der Waals surface area contributed by atoms with Crippen molar-refractivity contribution in [3.05, 3.63) is 59.7 Å². The fourth-order valence-corrected chi connectivity index (χ4v) is 2.17. The molecule has 7 heteroatoms. The van der Waals surface area contributed by atoms with Gasteiger partial charge in [-0.05, 0) is 56.2 Å². The zero-order valence-corrected chi connectivity index (χ0v) is 14.9. The quantitative estimate of drug-likeness (QED) is 0.795. The molecule has 0 saturated heterocycles. The third-order valence-corrected chi connectivity index (χ3v) is 3.14. The molecular formula is C18H21ClF3NO2. The molecule has 0 spiro atoms. The van der Waals surface area contributed by atoms with E-state index in [1.54, 1.807) is 0 Å². The van der Waals surface area contributed by atoms with E-state index in [0.29, 0.717) is 5.56 Å². The van der Waals surface area contributed by atoms with Crippen LogP contribution in [0.2, 0.25) is 0 Å². The first-order valence-electron chi connectivity index (χ1n) is 7.44. The molecule has 0 aromatic heterocycles. The number of hydrogen-bond donors (Lipinski definition) is 1. The van der Waals surface area contributed by atoms with Gasteiger partial charge in [0.15, 0.2) is 0 Å². The molecule has 138 valence electrons. The van der Waals surface area contributed by atoms with Gasteiger partial charge in [0.1, 0.15) is 17.1 Å². The van der Waals surface area contributed by atoms with Crippen molar-refractivity contribution in [3.63, 3.8) is 0 Å². The predicted octanol–water partition coefficient (Wildman–Crippen LogP) is 5.23. The Balaban J connectivity index is 0.00000312. The van der Waals surface area contributed by atoms with Gasteiger partial charge in [-0.3, -0.25) is 0 Å². The van der Waals surface area contributed by atoms with Crippen LogP contribution in [-0.2, 0) is 0 Å². The van der Waals surface area contributed by atoms with Crippen LogP contribution in [0.3, 0.4) is 0 Å². The Hall–Kier alpha value is -1.92. The van der Waals surface area contributed by atoms with Crippen molar-refractivity contribution in [2.75, 3.05) is 0 Å².